The van der Waals surface area contributed by atoms with Crippen molar-refractivity contribution in [3.05, 3.63) is 102 Å². The third-order valence-electron chi connectivity index (χ3n) is 5.89. The third-order valence-corrected chi connectivity index (χ3v) is 5.89. The van der Waals surface area contributed by atoms with E-state index in [2.05, 4.69) is 9.97 Å². The number of carbonyl (C=O) groups is 2. The van der Waals surface area contributed by atoms with Gasteiger partial charge in [0, 0.05) is 47.2 Å². The van der Waals surface area contributed by atoms with Gasteiger partial charge in [-0.3, -0.25) is 14.6 Å². The number of Topliss-reactive ketones (excluding diaryl/α,β-unsaturated/α-hetero) is 1. The molecule has 2 aromatic carbocycles. The number of para-hydroxylation sites is 1. The molecule has 3 heterocycles. The standard InChI is InChI=1S/C26H21N3O4/c1-33-18-10-8-17(9-11-18)24(30)22-23(20-14-28-21-7-3-2-6-19(20)21)29(26(32)25(22)31)15-16-5-4-12-27-13-16/h2-14,23,28,30H,15H2,1H3/b24-22+. The van der Waals surface area contributed by atoms with E-state index in [0.717, 1.165) is 22.0 Å². The van der Waals surface area contributed by atoms with Crippen molar-refractivity contribution in [2.24, 2.45) is 0 Å². The number of hydrogen-bond donors (Lipinski definition) is 2. The van der Waals surface area contributed by atoms with E-state index in [1.165, 1.54) is 4.90 Å². The fourth-order valence-electron chi connectivity index (χ4n) is 4.28. The molecule has 0 saturated carbocycles. The van der Waals surface area contributed by atoms with Crippen LogP contribution >= 0.6 is 0 Å². The van der Waals surface area contributed by atoms with E-state index in [9.17, 15) is 14.7 Å². The number of fused-ring (bicyclic) bond motifs is 1. The minimum absolute atomic E-state index is 0.0545. The minimum atomic E-state index is -0.761. The Balaban J connectivity index is 1.69. The van der Waals surface area contributed by atoms with Crippen molar-refractivity contribution < 1.29 is 19.4 Å². The smallest absolute Gasteiger partial charge is 0.295 e. The number of H-pyrrole nitrogens is 1. The van der Waals surface area contributed by atoms with Crippen LogP contribution in [0.25, 0.3) is 16.7 Å². The molecule has 164 valence electrons. The molecule has 0 radical (unpaired) electrons. The van der Waals surface area contributed by atoms with Crippen LogP contribution in [0.1, 0.15) is 22.7 Å². The fourth-order valence-corrected chi connectivity index (χ4v) is 4.28. The molecule has 33 heavy (non-hydrogen) atoms. The monoisotopic (exact) mass is 439 g/mol. The summed E-state index contributed by atoms with van der Waals surface area (Å²) in [5.41, 5.74) is 2.89. The van der Waals surface area contributed by atoms with Gasteiger partial charge in [-0.15, -0.1) is 0 Å². The molecule has 1 fully saturated rings. The molecule has 1 atom stereocenters. The summed E-state index contributed by atoms with van der Waals surface area (Å²) in [6.07, 6.45) is 5.10. The molecule has 0 bridgehead atoms. The normalized spacial score (nSPS) is 17.6. The highest BCUT2D eigenvalue weighted by molar-refractivity contribution is 6.46. The number of nitrogens with zero attached hydrogens (tertiary/aromatic N) is 2. The van der Waals surface area contributed by atoms with E-state index in [1.807, 2.05) is 30.3 Å². The zero-order chi connectivity index (χ0) is 22.9. The topological polar surface area (TPSA) is 95.5 Å². The highest BCUT2D eigenvalue weighted by Crippen LogP contribution is 2.42. The molecular formula is C26H21N3O4. The van der Waals surface area contributed by atoms with Gasteiger partial charge in [0.25, 0.3) is 11.7 Å². The Bertz CT molecular complexity index is 1370. The lowest BCUT2D eigenvalue weighted by Crippen LogP contribution is -2.29. The van der Waals surface area contributed by atoms with Crippen molar-refractivity contribution >= 4 is 28.4 Å². The van der Waals surface area contributed by atoms with Gasteiger partial charge in [-0.25, -0.2) is 0 Å². The maximum atomic E-state index is 13.2. The molecule has 2 aromatic heterocycles. The average molecular weight is 439 g/mol. The summed E-state index contributed by atoms with van der Waals surface area (Å²) >= 11 is 0. The number of benzene rings is 2. The number of ketones is 1. The molecule has 7 nitrogen and oxygen atoms in total. The Labute approximate surface area is 190 Å². The number of amides is 1. The van der Waals surface area contributed by atoms with Gasteiger partial charge in [0.05, 0.1) is 18.7 Å². The van der Waals surface area contributed by atoms with E-state index in [-0.39, 0.29) is 17.9 Å². The average Bonchev–Trinajstić information content (AvgIpc) is 3.38. The van der Waals surface area contributed by atoms with Crippen LogP contribution in [-0.2, 0) is 16.1 Å². The number of likely N-dealkylation sites (tertiary alicyclic amines) is 1. The van der Waals surface area contributed by atoms with Crippen LogP contribution in [0.3, 0.4) is 0 Å². The van der Waals surface area contributed by atoms with Crippen LogP contribution in [0.15, 0.2) is 84.8 Å². The highest BCUT2D eigenvalue weighted by Gasteiger charge is 2.46. The van der Waals surface area contributed by atoms with Gasteiger partial charge in [-0.1, -0.05) is 24.3 Å². The SMILES string of the molecule is COc1ccc(/C(O)=C2\C(=O)C(=O)N(Cc3cccnc3)C2c2c[nH]c3ccccc23)cc1. The number of nitrogens with one attached hydrogen (secondary N) is 1. The molecule has 2 N–H and O–H groups in total. The largest absolute Gasteiger partial charge is 0.507 e. The first-order valence-electron chi connectivity index (χ1n) is 10.5. The number of aliphatic hydroxyl groups is 1. The van der Waals surface area contributed by atoms with Crippen LogP contribution < -0.4 is 4.74 Å². The second-order valence-corrected chi connectivity index (χ2v) is 7.81. The molecule has 1 saturated heterocycles. The van der Waals surface area contributed by atoms with Crippen molar-refractivity contribution in [2.45, 2.75) is 12.6 Å². The Morgan fingerprint density at radius 2 is 1.88 bits per heavy atom. The second kappa shape index (κ2) is 8.27. The Morgan fingerprint density at radius 3 is 2.61 bits per heavy atom. The van der Waals surface area contributed by atoms with Gasteiger partial charge < -0.3 is 19.7 Å². The fraction of sp³-hybridized carbons (Fsp3) is 0.115. The van der Waals surface area contributed by atoms with E-state index in [4.69, 9.17) is 4.74 Å². The number of pyridine rings is 1. The lowest BCUT2D eigenvalue weighted by Gasteiger charge is -2.25. The van der Waals surface area contributed by atoms with Gasteiger partial charge in [0.15, 0.2) is 0 Å². The van der Waals surface area contributed by atoms with Gasteiger partial charge in [-0.2, -0.15) is 0 Å². The van der Waals surface area contributed by atoms with Crippen molar-refractivity contribution in [1.82, 2.24) is 14.9 Å². The summed E-state index contributed by atoms with van der Waals surface area (Å²) in [6.45, 7) is 0.183. The molecule has 1 amide bonds. The van der Waals surface area contributed by atoms with Crippen LogP contribution in [-0.4, -0.2) is 38.8 Å². The Kier molecular flexibility index (Phi) is 5.14. The number of hydrogen-bond acceptors (Lipinski definition) is 5. The molecule has 1 aliphatic rings. The predicted molar refractivity (Wildman–Crippen MR) is 123 cm³/mol. The summed E-state index contributed by atoms with van der Waals surface area (Å²) in [7, 11) is 1.55. The lowest BCUT2D eigenvalue weighted by molar-refractivity contribution is -0.140. The minimum Gasteiger partial charge on any atom is -0.507 e. The van der Waals surface area contributed by atoms with Gasteiger partial charge in [0.2, 0.25) is 0 Å². The number of carbonyl (C=O) groups excluding carboxylic acids is 2. The van der Waals surface area contributed by atoms with Gasteiger partial charge in [-0.05, 0) is 42.0 Å². The Hall–Kier alpha value is -4.39. The molecule has 1 aliphatic heterocycles. The summed E-state index contributed by atoms with van der Waals surface area (Å²) < 4.78 is 5.19. The third kappa shape index (κ3) is 3.53. The number of ether oxygens (including phenoxy) is 1. The Morgan fingerprint density at radius 1 is 1.09 bits per heavy atom. The molecule has 7 heteroatoms. The number of rotatable bonds is 5. The predicted octanol–water partition coefficient (Wildman–Crippen LogP) is 4.19. The van der Waals surface area contributed by atoms with Crippen molar-refractivity contribution in [3.8, 4) is 5.75 Å². The molecule has 0 spiro atoms. The van der Waals surface area contributed by atoms with E-state index in [1.54, 1.807) is 56.0 Å². The number of aromatic nitrogens is 2. The van der Waals surface area contributed by atoms with Crippen molar-refractivity contribution in [2.75, 3.05) is 7.11 Å². The molecule has 0 aliphatic carbocycles. The second-order valence-electron chi connectivity index (χ2n) is 7.81. The first-order valence-corrected chi connectivity index (χ1v) is 10.5. The van der Waals surface area contributed by atoms with Crippen LogP contribution in [0.4, 0.5) is 0 Å². The summed E-state index contributed by atoms with van der Waals surface area (Å²) in [5, 5.41) is 12.1. The van der Waals surface area contributed by atoms with Crippen LogP contribution in [0.5, 0.6) is 5.75 Å². The number of methoxy groups -OCH3 is 1. The van der Waals surface area contributed by atoms with Crippen LogP contribution in [0.2, 0.25) is 0 Å². The van der Waals surface area contributed by atoms with E-state index in [0.29, 0.717) is 11.3 Å². The zero-order valence-electron chi connectivity index (χ0n) is 17.9. The first-order chi connectivity index (χ1) is 16.1. The molecular weight excluding hydrogens is 418 g/mol. The van der Waals surface area contributed by atoms with Crippen LogP contribution in [0, 0.1) is 0 Å². The quantitative estimate of drug-likeness (QED) is 0.276. The maximum absolute atomic E-state index is 13.2. The number of aliphatic hydroxyl groups excluding tert-OH is 1. The van der Waals surface area contributed by atoms with Gasteiger partial charge in [0.1, 0.15) is 11.5 Å². The highest BCUT2D eigenvalue weighted by atomic mass is 16.5. The summed E-state index contributed by atoms with van der Waals surface area (Å²) in [5.74, 6) is -0.983. The summed E-state index contributed by atoms with van der Waals surface area (Å²) in [6, 6.07) is 17.2. The van der Waals surface area contributed by atoms with Gasteiger partial charge >= 0.3 is 0 Å². The van der Waals surface area contributed by atoms with E-state index < -0.39 is 17.7 Å². The zero-order valence-corrected chi connectivity index (χ0v) is 17.9. The maximum Gasteiger partial charge on any atom is 0.295 e. The molecule has 1 unspecified atom stereocenters. The molecule has 4 aromatic rings. The summed E-state index contributed by atoms with van der Waals surface area (Å²) in [4.78, 5) is 35.2. The van der Waals surface area contributed by atoms with Crippen molar-refractivity contribution in [1.29, 1.82) is 0 Å². The first kappa shape index (κ1) is 20.5. The van der Waals surface area contributed by atoms with Crippen molar-refractivity contribution in [3.63, 3.8) is 0 Å². The lowest BCUT2D eigenvalue weighted by atomic mass is 9.95. The van der Waals surface area contributed by atoms with E-state index >= 15 is 0 Å². The molecule has 5 rings (SSSR count). The number of aromatic amines is 1.